The standard InChI is InChI=1S/C23H27F3N4O2/c24-17-4-2-1-3-16(17)23(25,26)6-5-18(19(31)29-22(15-27)9-10-22)28-20(32)30-13-11-21(7-8-21)12-14-30/h1-4,18H,5-14H2,(H,28,32)(H,29,31)/t18-/m0/s1. The number of benzene rings is 1. The summed E-state index contributed by atoms with van der Waals surface area (Å²) in [6, 6.07) is 4.93. The van der Waals surface area contributed by atoms with Crippen LogP contribution in [-0.2, 0) is 10.7 Å². The van der Waals surface area contributed by atoms with Gasteiger partial charge in [-0.15, -0.1) is 0 Å². The van der Waals surface area contributed by atoms with Crippen LogP contribution in [0.25, 0.3) is 0 Å². The fraction of sp³-hybridized carbons (Fsp3) is 0.609. The Morgan fingerprint density at radius 3 is 2.34 bits per heavy atom. The third-order valence-corrected chi connectivity index (χ3v) is 7.02. The molecule has 1 aromatic carbocycles. The molecule has 0 unspecified atom stereocenters. The predicted octanol–water partition coefficient (Wildman–Crippen LogP) is 3.82. The SMILES string of the molecule is N#CC1(NC(=O)[C@H](CCC(F)(F)c2ccccc2F)NC(=O)N2CCC3(CC2)CC3)CC1. The van der Waals surface area contributed by atoms with Gasteiger partial charge in [0.05, 0.1) is 11.6 Å². The Balaban J connectivity index is 1.42. The highest BCUT2D eigenvalue weighted by Gasteiger charge is 2.47. The van der Waals surface area contributed by atoms with E-state index < -0.39 is 53.7 Å². The monoisotopic (exact) mass is 448 g/mol. The number of piperidine rings is 1. The molecule has 1 saturated heterocycles. The number of hydrogen-bond acceptors (Lipinski definition) is 3. The van der Waals surface area contributed by atoms with E-state index >= 15 is 0 Å². The van der Waals surface area contributed by atoms with E-state index in [4.69, 9.17) is 0 Å². The van der Waals surface area contributed by atoms with Crippen LogP contribution in [0.1, 0.15) is 56.9 Å². The first-order valence-electron chi connectivity index (χ1n) is 11.1. The van der Waals surface area contributed by atoms with Crippen molar-refractivity contribution in [1.82, 2.24) is 15.5 Å². The van der Waals surface area contributed by atoms with Gasteiger partial charge in [0.15, 0.2) is 0 Å². The van der Waals surface area contributed by atoms with E-state index in [1.54, 1.807) is 4.90 Å². The minimum absolute atomic E-state index is 0.362. The quantitative estimate of drug-likeness (QED) is 0.665. The summed E-state index contributed by atoms with van der Waals surface area (Å²) in [7, 11) is 0. The molecule has 6 nitrogen and oxygen atoms in total. The molecule has 0 aromatic heterocycles. The molecule has 3 aliphatic rings. The fourth-order valence-electron chi connectivity index (χ4n) is 4.30. The van der Waals surface area contributed by atoms with Crippen LogP contribution in [0.15, 0.2) is 24.3 Å². The lowest BCUT2D eigenvalue weighted by Crippen LogP contribution is -2.54. The summed E-state index contributed by atoms with van der Waals surface area (Å²) in [5.41, 5.74) is -1.37. The molecule has 2 aliphatic carbocycles. The van der Waals surface area contributed by atoms with Gasteiger partial charge in [-0.2, -0.15) is 5.26 Å². The lowest BCUT2D eigenvalue weighted by atomic mass is 9.94. The van der Waals surface area contributed by atoms with Crippen molar-refractivity contribution in [3.8, 4) is 6.07 Å². The van der Waals surface area contributed by atoms with Gasteiger partial charge in [-0.1, -0.05) is 18.2 Å². The Hall–Kier alpha value is -2.76. The Kier molecular flexibility index (Phi) is 5.82. The van der Waals surface area contributed by atoms with E-state index in [1.807, 2.05) is 6.07 Å². The van der Waals surface area contributed by atoms with Crippen molar-refractivity contribution in [2.45, 2.75) is 68.9 Å². The van der Waals surface area contributed by atoms with Gasteiger partial charge in [-0.05, 0) is 56.4 Å². The molecule has 0 bridgehead atoms. The number of halogens is 3. The summed E-state index contributed by atoms with van der Waals surface area (Å²) < 4.78 is 43.3. The highest BCUT2D eigenvalue weighted by atomic mass is 19.3. The smallest absolute Gasteiger partial charge is 0.318 e. The van der Waals surface area contributed by atoms with Crippen LogP contribution in [0.4, 0.5) is 18.0 Å². The van der Waals surface area contributed by atoms with Gasteiger partial charge in [-0.25, -0.2) is 18.0 Å². The molecule has 1 heterocycles. The van der Waals surface area contributed by atoms with Gasteiger partial charge in [0.25, 0.3) is 5.92 Å². The Morgan fingerprint density at radius 1 is 1.12 bits per heavy atom. The first-order chi connectivity index (χ1) is 15.2. The van der Waals surface area contributed by atoms with Crippen LogP contribution in [0.2, 0.25) is 0 Å². The van der Waals surface area contributed by atoms with Gasteiger partial charge in [0.2, 0.25) is 5.91 Å². The van der Waals surface area contributed by atoms with Crippen molar-refractivity contribution >= 4 is 11.9 Å². The van der Waals surface area contributed by atoms with Crippen LogP contribution < -0.4 is 10.6 Å². The number of alkyl halides is 2. The molecule has 2 N–H and O–H groups in total. The molecule has 1 aliphatic heterocycles. The molecule has 1 atom stereocenters. The second-order valence-corrected chi connectivity index (χ2v) is 9.40. The van der Waals surface area contributed by atoms with Crippen LogP contribution >= 0.6 is 0 Å². The van der Waals surface area contributed by atoms with E-state index in [2.05, 4.69) is 10.6 Å². The normalized spacial score (nSPS) is 21.4. The maximum Gasteiger partial charge on any atom is 0.318 e. The number of hydrogen-bond donors (Lipinski definition) is 2. The number of nitrogens with zero attached hydrogens (tertiary/aromatic N) is 2. The van der Waals surface area contributed by atoms with E-state index in [-0.39, 0.29) is 0 Å². The average Bonchev–Trinajstić information content (AvgIpc) is 3.70. The van der Waals surface area contributed by atoms with Crippen molar-refractivity contribution in [3.63, 3.8) is 0 Å². The average molecular weight is 448 g/mol. The largest absolute Gasteiger partial charge is 0.336 e. The maximum absolute atomic E-state index is 14.7. The van der Waals surface area contributed by atoms with Crippen molar-refractivity contribution < 1.29 is 22.8 Å². The molecule has 4 rings (SSSR count). The first kappa shape index (κ1) is 22.4. The molecule has 9 heteroatoms. The fourth-order valence-corrected chi connectivity index (χ4v) is 4.30. The minimum atomic E-state index is -3.51. The molecule has 3 amide bonds. The lowest BCUT2D eigenvalue weighted by molar-refractivity contribution is -0.124. The van der Waals surface area contributed by atoms with E-state index in [0.717, 1.165) is 25.0 Å². The maximum atomic E-state index is 14.7. The second kappa shape index (κ2) is 8.30. The third-order valence-electron chi connectivity index (χ3n) is 7.02. The zero-order valence-corrected chi connectivity index (χ0v) is 17.8. The Morgan fingerprint density at radius 2 is 1.78 bits per heavy atom. The van der Waals surface area contributed by atoms with Crippen LogP contribution in [0.5, 0.6) is 0 Å². The van der Waals surface area contributed by atoms with Gasteiger partial charge in [0, 0.05) is 19.5 Å². The van der Waals surface area contributed by atoms with Crippen LogP contribution in [0, 0.1) is 22.6 Å². The molecule has 172 valence electrons. The second-order valence-electron chi connectivity index (χ2n) is 9.40. The summed E-state index contributed by atoms with van der Waals surface area (Å²) in [5, 5.41) is 14.4. The minimum Gasteiger partial charge on any atom is -0.336 e. The third kappa shape index (κ3) is 4.84. The van der Waals surface area contributed by atoms with Crippen molar-refractivity contribution in [2.75, 3.05) is 13.1 Å². The first-order valence-corrected chi connectivity index (χ1v) is 11.1. The van der Waals surface area contributed by atoms with Crippen LogP contribution in [-0.4, -0.2) is 41.5 Å². The Labute approximate surface area is 185 Å². The topological polar surface area (TPSA) is 85.2 Å². The number of nitrogens with one attached hydrogen (secondary N) is 2. The number of likely N-dealkylation sites (tertiary alicyclic amines) is 1. The number of carbonyl (C=O) groups excluding carboxylic acids is 2. The van der Waals surface area contributed by atoms with Gasteiger partial charge >= 0.3 is 6.03 Å². The number of urea groups is 1. The molecule has 32 heavy (non-hydrogen) atoms. The van der Waals surface area contributed by atoms with E-state index in [1.165, 1.54) is 25.0 Å². The van der Waals surface area contributed by atoms with E-state index in [0.29, 0.717) is 31.3 Å². The number of amides is 3. The molecular formula is C23H27F3N4O2. The molecule has 1 aromatic rings. The van der Waals surface area contributed by atoms with Crippen molar-refractivity contribution in [3.05, 3.63) is 35.6 Å². The highest BCUT2D eigenvalue weighted by molar-refractivity contribution is 5.88. The lowest BCUT2D eigenvalue weighted by Gasteiger charge is -2.33. The van der Waals surface area contributed by atoms with Crippen molar-refractivity contribution in [1.29, 1.82) is 5.26 Å². The molecule has 2 saturated carbocycles. The van der Waals surface area contributed by atoms with Gasteiger partial charge < -0.3 is 15.5 Å². The summed E-state index contributed by atoms with van der Waals surface area (Å²) >= 11 is 0. The molecular weight excluding hydrogens is 421 g/mol. The van der Waals surface area contributed by atoms with Crippen LogP contribution in [0.3, 0.4) is 0 Å². The summed E-state index contributed by atoms with van der Waals surface area (Å²) in [6.45, 7) is 1.13. The predicted molar refractivity (Wildman–Crippen MR) is 110 cm³/mol. The molecule has 1 spiro atoms. The van der Waals surface area contributed by atoms with Gasteiger partial charge in [-0.3, -0.25) is 4.79 Å². The number of carbonyl (C=O) groups is 2. The van der Waals surface area contributed by atoms with Gasteiger partial charge in [0.1, 0.15) is 17.4 Å². The van der Waals surface area contributed by atoms with Crippen molar-refractivity contribution in [2.24, 2.45) is 5.41 Å². The highest BCUT2D eigenvalue weighted by Crippen LogP contribution is 2.53. The Bertz CT molecular complexity index is 927. The zero-order chi connectivity index (χ0) is 23.0. The summed E-state index contributed by atoms with van der Waals surface area (Å²) in [4.78, 5) is 27.2. The summed E-state index contributed by atoms with van der Waals surface area (Å²) in [5.74, 6) is -5.20. The molecule has 0 radical (unpaired) electrons. The zero-order valence-electron chi connectivity index (χ0n) is 17.8. The molecule has 3 fully saturated rings. The number of nitriles is 1. The number of rotatable bonds is 7. The van der Waals surface area contributed by atoms with E-state index in [9.17, 15) is 28.0 Å². The summed E-state index contributed by atoms with van der Waals surface area (Å²) in [6.07, 6.45) is 3.91.